The quantitative estimate of drug-likeness (QED) is 0.823. The summed E-state index contributed by atoms with van der Waals surface area (Å²) in [5.74, 6) is 0. The van der Waals surface area contributed by atoms with Crippen molar-refractivity contribution < 1.29 is 10.2 Å². The summed E-state index contributed by atoms with van der Waals surface area (Å²) in [6.07, 6.45) is 0.509. The average Bonchev–Trinajstić information content (AvgIpc) is 2.50. The van der Waals surface area contributed by atoms with Gasteiger partial charge in [0.1, 0.15) is 11.6 Å². The molecule has 2 aromatic heterocycles. The van der Waals surface area contributed by atoms with Gasteiger partial charge in [-0.1, -0.05) is 6.07 Å². The van der Waals surface area contributed by atoms with E-state index in [0.717, 1.165) is 0 Å². The maximum absolute atomic E-state index is 12.2. The van der Waals surface area contributed by atoms with Crippen LogP contribution in [0.2, 0.25) is 0 Å². The first-order valence-corrected chi connectivity index (χ1v) is 6.01. The van der Waals surface area contributed by atoms with E-state index in [-0.39, 0.29) is 12.1 Å². The van der Waals surface area contributed by atoms with Gasteiger partial charge in [0.15, 0.2) is 0 Å². The summed E-state index contributed by atoms with van der Waals surface area (Å²) in [4.78, 5) is 16.3. The molecular weight excluding hydrogens is 258 g/mol. The fraction of sp³-hybridized carbons (Fsp3) is 0.214. The van der Waals surface area contributed by atoms with E-state index in [2.05, 4.69) is 4.98 Å². The van der Waals surface area contributed by atoms with Crippen LogP contribution in [-0.2, 0) is 6.54 Å². The van der Waals surface area contributed by atoms with Crippen LogP contribution in [0.25, 0.3) is 11.4 Å². The van der Waals surface area contributed by atoms with Crippen molar-refractivity contribution in [3.8, 4) is 17.5 Å². The molecule has 2 heterocycles. The highest BCUT2D eigenvalue weighted by molar-refractivity contribution is 5.55. The minimum Gasteiger partial charge on any atom is -0.394 e. The lowest BCUT2D eigenvalue weighted by Crippen LogP contribution is -2.31. The third-order valence-electron chi connectivity index (χ3n) is 2.83. The van der Waals surface area contributed by atoms with Gasteiger partial charge in [-0.15, -0.1) is 0 Å². The summed E-state index contributed by atoms with van der Waals surface area (Å²) >= 11 is 0. The molecule has 0 aliphatic heterocycles. The highest BCUT2D eigenvalue weighted by Crippen LogP contribution is 2.15. The first-order chi connectivity index (χ1) is 9.67. The molecule has 0 aliphatic carbocycles. The van der Waals surface area contributed by atoms with Gasteiger partial charge in [-0.25, -0.2) is 0 Å². The Morgan fingerprint density at radius 3 is 2.75 bits per heavy atom. The minimum atomic E-state index is -1.08. The molecule has 6 nitrogen and oxygen atoms in total. The predicted octanol–water partition coefficient (Wildman–Crippen LogP) is 0.135. The predicted molar refractivity (Wildman–Crippen MR) is 71.7 cm³/mol. The Hall–Kier alpha value is -2.49. The van der Waals surface area contributed by atoms with E-state index in [4.69, 9.17) is 10.4 Å². The van der Waals surface area contributed by atoms with Gasteiger partial charge < -0.3 is 14.8 Å². The molecule has 20 heavy (non-hydrogen) atoms. The highest BCUT2D eigenvalue weighted by atomic mass is 16.3. The minimum absolute atomic E-state index is 0.0187. The van der Waals surface area contributed by atoms with Crippen LogP contribution < -0.4 is 5.56 Å². The fourth-order valence-corrected chi connectivity index (χ4v) is 1.85. The maximum atomic E-state index is 12.2. The van der Waals surface area contributed by atoms with Crippen LogP contribution in [0.5, 0.6) is 0 Å². The van der Waals surface area contributed by atoms with Gasteiger partial charge >= 0.3 is 0 Å². The van der Waals surface area contributed by atoms with Crippen molar-refractivity contribution in [3.05, 3.63) is 52.4 Å². The summed E-state index contributed by atoms with van der Waals surface area (Å²) in [6, 6.07) is 10.1. The standard InChI is InChI=1S/C14H13N3O3/c15-7-10-4-5-13(12-3-1-2-6-16-12)17(14(10)20)8-11(19)9-18/h1-6,11,18-19H,8-9H2. The van der Waals surface area contributed by atoms with Gasteiger partial charge in [0.25, 0.3) is 5.56 Å². The summed E-state index contributed by atoms with van der Waals surface area (Å²) in [5, 5.41) is 27.4. The first kappa shape index (κ1) is 13.9. The van der Waals surface area contributed by atoms with Crippen LogP contribution in [-0.4, -0.2) is 32.5 Å². The lowest BCUT2D eigenvalue weighted by Gasteiger charge is -2.15. The van der Waals surface area contributed by atoms with Gasteiger partial charge in [-0.2, -0.15) is 5.26 Å². The third-order valence-corrected chi connectivity index (χ3v) is 2.83. The van der Waals surface area contributed by atoms with E-state index in [9.17, 15) is 9.90 Å². The number of nitriles is 1. The molecule has 0 saturated heterocycles. The number of rotatable bonds is 4. The molecule has 0 spiro atoms. The average molecular weight is 271 g/mol. The Labute approximate surface area is 115 Å². The molecule has 1 unspecified atom stereocenters. The summed E-state index contributed by atoms with van der Waals surface area (Å²) in [6.45, 7) is -0.568. The molecule has 0 radical (unpaired) electrons. The Balaban J connectivity index is 2.60. The number of aliphatic hydroxyl groups excluding tert-OH is 2. The molecule has 0 aromatic carbocycles. The molecule has 0 saturated carbocycles. The topological polar surface area (TPSA) is 99.1 Å². The van der Waals surface area contributed by atoms with E-state index in [1.54, 1.807) is 30.5 Å². The smallest absolute Gasteiger partial charge is 0.269 e. The lowest BCUT2D eigenvalue weighted by atomic mass is 10.2. The van der Waals surface area contributed by atoms with Gasteiger partial charge in [-0.05, 0) is 24.3 Å². The number of pyridine rings is 2. The van der Waals surface area contributed by atoms with Gasteiger partial charge in [0.2, 0.25) is 0 Å². The zero-order valence-electron chi connectivity index (χ0n) is 10.6. The van der Waals surface area contributed by atoms with Crippen LogP contribution in [0, 0.1) is 11.3 Å². The summed E-state index contributed by atoms with van der Waals surface area (Å²) in [5.41, 5.74) is 0.513. The Kier molecular flexibility index (Phi) is 4.25. The van der Waals surface area contributed by atoms with Crippen molar-refractivity contribution in [1.82, 2.24) is 9.55 Å². The van der Waals surface area contributed by atoms with Gasteiger partial charge in [-0.3, -0.25) is 9.78 Å². The van der Waals surface area contributed by atoms with Crippen LogP contribution >= 0.6 is 0 Å². The molecule has 0 bridgehead atoms. The largest absolute Gasteiger partial charge is 0.394 e. The van der Waals surface area contributed by atoms with Crippen molar-refractivity contribution in [2.45, 2.75) is 12.6 Å². The lowest BCUT2D eigenvalue weighted by molar-refractivity contribution is 0.0807. The normalized spacial score (nSPS) is 11.8. The van der Waals surface area contributed by atoms with Gasteiger partial charge in [0, 0.05) is 6.20 Å². The molecular formula is C14H13N3O3. The molecule has 102 valence electrons. The molecule has 6 heteroatoms. The van der Waals surface area contributed by atoms with Gasteiger partial charge in [0.05, 0.1) is 30.6 Å². The Bertz CT molecular complexity index is 689. The molecule has 1 atom stereocenters. The number of nitrogens with zero attached hydrogens (tertiary/aromatic N) is 3. The van der Waals surface area contributed by atoms with Crippen molar-refractivity contribution in [2.24, 2.45) is 0 Å². The third kappa shape index (κ3) is 2.74. The zero-order chi connectivity index (χ0) is 14.5. The number of hydrogen-bond acceptors (Lipinski definition) is 5. The molecule has 0 aliphatic rings. The second kappa shape index (κ2) is 6.10. The van der Waals surface area contributed by atoms with Crippen molar-refractivity contribution >= 4 is 0 Å². The number of hydrogen-bond donors (Lipinski definition) is 2. The molecule has 0 fully saturated rings. The van der Waals surface area contributed by atoms with Crippen molar-refractivity contribution in [3.63, 3.8) is 0 Å². The van der Waals surface area contributed by atoms with Crippen LogP contribution in [0.4, 0.5) is 0 Å². The first-order valence-electron chi connectivity index (χ1n) is 6.01. The number of aliphatic hydroxyl groups is 2. The molecule has 2 aromatic rings. The van der Waals surface area contributed by atoms with Crippen LogP contribution in [0.15, 0.2) is 41.3 Å². The SMILES string of the molecule is N#Cc1ccc(-c2ccccn2)n(CC(O)CO)c1=O. The number of aromatic nitrogens is 2. The molecule has 2 N–H and O–H groups in total. The van der Waals surface area contributed by atoms with Crippen LogP contribution in [0.1, 0.15) is 5.56 Å². The van der Waals surface area contributed by atoms with Crippen LogP contribution in [0.3, 0.4) is 0 Å². The maximum Gasteiger partial charge on any atom is 0.269 e. The van der Waals surface area contributed by atoms with E-state index >= 15 is 0 Å². The monoisotopic (exact) mass is 271 g/mol. The van der Waals surface area contributed by atoms with Crippen molar-refractivity contribution in [1.29, 1.82) is 5.26 Å². The van der Waals surface area contributed by atoms with E-state index in [1.807, 2.05) is 6.07 Å². The second-order valence-corrected chi connectivity index (χ2v) is 4.21. The fourth-order valence-electron chi connectivity index (χ4n) is 1.85. The summed E-state index contributed by atoms with van der Waals surface area (Å²) in [7, 11) is 0. The van der Waals surface area contributed by atoms with E-state index in [0.29, 0.717) is 11.4 Å². The molecule has 2 rings (SSSR count). The Morgan fingerprint density at radius 1 is 1.35 bits per heavy atom. The zero-order valence-corrected chi connectivity index (χ0v) is 10.6. The highest BCUT2D eigenvalue weighted by Gasteiger charge is 2.14. The Morgan fingerprint density at radius 2 is 2.15 bits per heavy atom. The van der Waals surface area contributed by atoms with E-state index in [1.165, 1.54) is 10.6 Å². The summed E-state index contributed by atoms with van der Waals surface area (Å²) < 4.78 is 1.25. The van der Waals surface area contributed by atoms with Crippen molar-refractivity contribution in [2.75, 3.05) is 6.61 Å². The second-order valence-electron chi connectivity index (χ2n) is 4.21. The van der Waals surface area contributed by atoms with E-state index < -0.39 is 18.3 Å². The molecule has 0 amide bonds.